The van der Waals surface area contributed by atoms with E-state index >= 15 is 0 Å². The summed E-state index contributed by atoms with van der Waals surface area (Å²) in [6.07, 6.45) is 4.70. The number of aldehydes is 1. The Morgan fingerprint density at radius 3 is 2.63 bits per heavy atom. The largest absolute Gasteiger partial charge is 0.489 e. The number of carbonyl (C=O) groups is 1. The molecule has 0 aliphatic carbocycles. The molecule has 0 N–H and O–H groups in total. The van der Waals surface area contributed by atoms with Crippen molar-refractivity contribution >= 4 is 28.3 Å². The minimum absolute atomic E-state index is 0.428. The Bertz CT molecular complexity index is 577. The molecule has 2 aromatic carbocycles. The first-order valence-electron chi connectivity index (χ1n) is 5.89. The van der Waals surface area contributed by atoms with Crippen molar-refractivity contribution in [1.29, 1.82) is 0 Å². The Hall–Kier alpha value is -1.87. The van der Waals surface area contributed by atoms with Crippen LogP contribution in [-0.2, 0) is 0 Å². The Labute approximate surface area is 120 Å². The summed E-state index contributed by atoms with van der Waals surface area (Å²) in [7, 11) is 0. The molecule has 0 amide bonds. The number of halogens is 1. The van der Waals surface area contributed by atoms with E-state index in [1.165, 1.54) is 0 Å². The maximum Gasteiger partial charge on any atom is 0.153 e. The molecule has 0 bridgehead atoms. The van der Waals surface area contributed by atoms with Gasteiger partial charge in [-0.15, -0.1) is 0 Å². The molecule has 0 aliphatic heterocycles. The second-order valence-corrected chi connectivity index (χ2v) is 4.84. The normalized spacial score (nSPS) is 10.6. The van der Waals surface area contributed by atoms with Crippen molar-refractivity contribution in [1.82, 2.24) is 0 Å². The van der Waals surface area contributed by atoms with Crippen molar-refractivity contribution in [3.05, 3.63) is 70.2 Å². The van der Waals surface area contributed by atoms with Crippen LogP contribution in [0.15, 0.2) is 59.1 Å². The van der Waals surface area contributed by atoms with Crippen LogP contribution >= 0.6 is 15.9 Å². The van der Waals surface area contributed by atoms with E-state index in [-0.39, 0.29) is 0 Å². The standard InChI is InChI=1S/C16H13BrO2/c17-15-8-9-16(14(11-15)12-18)19-10-4-7-13-5-2-1-3-6-13/h1-9,11-12H,10H2/b7-4+. The smallest absolute Gasteiger partial charge is 0.153 e. The first-order valence-corrected chi connectivity index (χ1v) is 6.68. The van der Waals surface area contributed by atoms with Crippen molar-refractivity contribution in [3.63, 3.8) is 0 Å². The molecule has 0 aromatic heterocycles. The molecule has 0 unspecified atom stereocenters. The van der Waals surface area contributed by atoms with Crippen molar-refractivity contribution in [2.24, 2.45) is 0 Å². The second kappa shape index (κ2) is 6.90. The zero-order valence-corrected chi connectivity index (χ0v) is 11.8. The van der Waals surface area contributed by atoms with Gasteiger partial charge >= 0.3 is 0 Å². The third kappa shape index (κ3) is 4.07. The molecule has 2 aromatic rings. The third-order valence-corrected chi connectivity index (χ3v) is 3.04. The first kappa shape index (κ1) is 13.6. The van der Waals surface area contributed by atoms with Gasteiger partial charge in [-0.3, -0.25) is 4.79 Å². The molecule has 96 valence electrons. The van der Waals surface area contributed by atoms with Crippen LogP contribution < -0.4 is 4.74 Å². The van der Waals surface area contributed by atoms with Gasteiger partial charge in [-0.05, 0) is 29.8 Å². The molecule has 0 heterocycles. The van der Waals surface area contributed by atoms with Crippen LogP contribution in [0.25, 0.3) is 6.08 Å². The van der Waals surface area contributed by atoms with Crippen LogP contribution in [0.4, 0.5) is 0 Å². The Morgan fingerprint density at radius 1 is 1.11 bits per heavy atom. The lowest BCUT2D eigenvalue weighted by atomic mass is 10.2. The van der Waals surface area contributed by atoms with Gasteiger partial charge in [0.2, 0.25) is 0 Å². The monoisotopic (exact) mass is 316 g/mol. The van der Waals surface area contributed by atoms with Crippen LogP contribution in [0.2, 0.25) is 0 Å². The van der Waals surface area contributed by atoms with Gasteiger partial charge in [-0.2, -0.15) is 0 Å². The number of hydrogen-bond acceptors (Lipinski definition) is 2. The molecule has 0 aliphatic rings. The highest BCUT2D eigenvalue weighted by Gasteiger charge is 2.02. The summed E-state index contributed by atoms with van der Waals surface area (Å²) >= 11 is 3.32. The summed E-state index contributed by atoms with van der Waals surface area (Å²) in [5.41, 5.74) is 1.67. The van der Waals surface area contributed by atoms with Gasteiger partial charge in [0.05, 0.1) is 5.56 Å². The van der Waals surface area contributed by atoms with Crippen LogP contribution in [0, 0.1) is 0 Å². The summed E-state index contributed by atoms with van der Waals surface area (Å²) in [6.45, 7) is 0.428. The van der Waals surface area contributed by atoms with E-state index in [0.29, 0.717) is 17.9 Å². The van der Waals surface area contributed by atoms with E-state index in [1.807, 2.05) is 48.6 Å². The average molecular weight is 317 g/mol. The SMILES string of the molecule is O=Cc1cc(Br)ccc1OC/C=C/c1ccccc1. The van der Waals surface area contributed by atoms with Gasteiger partial charge in [0.1, 0.15) is 12.4 Å². The molecule has 0 saturated heterocycles. The number of rotatable bonds is 5. The molecule has 3 heteroatoms. The maximum absolute atomic E-state index is 10.9. The zero-order valence-electron chi connectivity index (χ0n) is 10.3. The minimum atomic E-state index is 0.428. The highest BCUT2D eigenvalue weighted by molar-refractivity contribution is 9.10. The molecule has 0 fully saturated rings. The lowest BCUT2D eigenvalue weighted by molar-refractivity contribution is 0.112. The highest BCUT2D eigenvalue weighted by atomic mass is 79.9. The highest BCUT2D eigenvalue weighted by Crippen LogP contribution is 2.21. The quantitative estimate of drug-likeness (QED) is 0.766. The van der Waals surface area contributed by atoms with E-state index < -0.39 is 0 Å². The van der Waals surface area contributed by atoms with E-state index in [2.05, 4.69) is 15.9 Å². The van der Waals surface area contributed by atoms with Gasteiger partial charge in [0.25, 0.3) is 0 Å². The summed E-state index contributed by atoms with van der Waals surface area (Å²) in [5.74, 6) is 0.593. The van der Waals surface area contributed by atoms with Crippen molar-refractivity contribution < 1.29 is 9.53 Å². The van der Waals surface area contributed by atoms with E-state index in [4.69, 9.17) is 4.74 Å². The Balaban J connectivity index is 1.96. The third-order valence-electron chi connectivity index (χ3n) is 2.54. The molecular weight excluding hydrogens is 304 g/mol. The predicted octanol–water partition coefficient (Wildman–Crippen LogP) is 4.35. The molecule has 0 radical (unpaired) electrons. The number of ether oxygens (including phenoxy) is 1. The summed E-state index contributed by atoms with van der Waals surface area (Å²) < 4.78 is 6.43. The summed E-state index contributed by atoms with van der Waals surface area (Å²) in [6, 6.07) is 15.4. The molecular formula is C16H13BrO2. The lowest BCUT2D eigenvalue weighted by Gasteiger charge is -2.06. The van der Waals surface area contributed by atoms with Gasteiger partial charge in [0, 0.05) is 4.47 Å². The molecule has 0 spiro atoms. The van der Waals surface area contributed by atoms with Crippen LogP contribution in [-0.4, -0.2) is 12.9 Å². The maximum atomic E-state index is 10.9. The van der Waals surface area contributed by atoms with Crippen LogP contribution in [0.3, 0.4) is 0 Å². The fourth-order valence-electron chi connectivity index (χ4n) is 1.63. The fourth-order valence-corrected chi connectivity index (χ4v) is 2.01. The number of hydrogen-bond donors (Lipinski definition) is 0. The Kier molecular flexibility index (Phi) is 4.93. The Morgan fingerprint density at radius 2 is 1.89 bits per heavy atom. The minimum Gasteiger partial charge on any atom is -0.489 e. The first-order chi connectivity index (χ1) is 9.29. The van der Waals surface area contributed by atoms with Gasteiger partial charge in [0.15, 0.2) is 6.29 Å². The van der Waals surface area contributed by atoms with Gasteiger partial charge < -0.3 is 4.74 Å². The molecule has 2 rings (SSSR count). The molecule has 2 nitrogen and oxygen atoms in total. The van der Waals surface area contributed by atoms with Crippen molar-refractivity contribution in [2.75, 3.05) is 6.61 Å². The van der Waals surface area contributed by atoms with Gasteiger partial charge in [-0.1, -0.05) is 52.3 Å². The average Bonchev–Trinajstić information content (AvgIpc) is 2.46. The molecule has 19 heavy (non-hydrogen) atoms. The topological polar surface area (TPSA) is 26.3 Å². The zero-order chi connectivity index (χ0) is 13.5. The van der Waals surface area contributed by atoms with Crippen molar-refractivity contribution in [3.8, 4) is 5.75 Å². The fraction of sp³-hybridized carbons (Fsp3) is 0.0625. The molecule has 0 atom stereocenters. The van der Waals surface area contributed by atoms with E-state index in [0.717, 1.165) is 16.3 Å². The lowest BCUT2D eigenvalue weighted by Crippen LogP contribution is -1.97. The van der Waals surface area contributed by atoms with Gasteiger partial charge in [-0.25, -0.2) is 0 Å². The van der Waals surface area contributed by atoms with E-state index in [9.17, 15) is 4.79 Å². The van der Waals surface area contributed by atoms with Crippen LogP contribution in [0.5, 0.6) is 5.75 Å². The number of carbonyl (C=O) groups excluding carboxylic acids is 1. The second-order valence-electron chi connectivity index (χ2n) is 3.92. The van der Waals surface area contributed by atoms with E-state index in [1.54, 1.807) is 12.1 Å². The number of benzene rings is 2. The van der Waals surface area contributed by atoms with Crippen LogP contribution in [0.1, 0.15) is 15.9 Å². The predicted molar refractivity (Wildman–Crippen MR) is 80.5 cm³/mol. The summed E-state index contributed by atoms with van der Waals surface area (Å²) in [4.78, 5) is 10.9. The van der Waals surface area contributed by atoms with Crippen molar-refractivity contribution in [2.45, 2.75) is 0 Å². The molecule has 0 saturated carbocycles. The summed E-state index contributed by atoms with van der Waals surface area (Å²) in [5, 5.41) is 0.